The van der Waals surface area contributed by atoms with Gasteiger partial charge in [-0.1, -0.05) is 18.2 Å². The van der Waals surface area contributed by atoms with Gasteiger partial charge in [0.05, 0.1) is 6.26 Å². The first kappa shape index (κ1) is 19.9. The molecule has 162 valence electrons. The Morgan fingerprint density at radius 2 is 2.13 bits per heavy atom. The van der Waals surface area contributed by atoms with Gasteiger partial charge in [-0.3, -0.25) is 14.4 Å². The summed E-state index contributed by atoms with van der Waals surface area (Å²) in [7, 11) is 2.02. The van der Waals surface area contributed by atoms with Crippen molar-refractivity contribution in [2.75, 3.05) is 26.2 Å². The maximum Gasteiger partial charge on any atom is 0.257 e. The fraction of sp³-hybridized carbons (Fsp3) is 0.417. The van der Waals surface area contributed by atoms with Gasteiger partial charge in [-0.2, -0.15) is 5.10 Å². The summed E-state index contributed by atoms with van der Waals surface area (Å²) in [5.74, 6) is 2.51. The van der Waals surface area contributed by atoms with Gasteiger partial charge in [0.1, 0.15) is 11.4 Å². The van der Waals surface area contributed by atoms with E-state index in [0.29, 0.717) is 30.2 Å². The van der Waals surface area contributed by atoms with Crippen LogP contribution in [0.4, 0.5) is 0 Å². The number of nitrogens with one attached hydrogen (secondary N) is 1. The molecule has 7 heteroatoms. The Morgan fingerprint density at radius 3 is 2.87 bits per heavy atom. The number of hydrogen-bond acceptors (Lipinski definition) is 5. The average Bonchev–Trinajstić information content (AvgIpc) is 3.47. The summed E-state index contributed by atoms with van der Waals surface area (Å²) >= 11 is 0. The maximum absolute atomic E-state index is 12.2. The molecule has 3 saturated heterocycles. The van der Waals surface area contributed by atoms with Crippen molar-refractivity contribution in [2.45, 2.75) is 24.8 Å². The van der Waals surface area contributed by atoms with Crippen LogP contribution in [0.15, 0.2) is 59.2 Å². The number of benzene rings is 1. The first-order valence-corrected chi connectivity index (χ1v) is 10.9. The van der Waals surface area contributed by atoms with Crippen LogP contribution in [0, 0.1) is 5.92 Å². The third kappa shape index (κ3) is 4.23. The zero-order valence-corrected chi connectivity index (χ0v) is 17.7. The zero-order chi connectivity index (χ0) is 21.2. The lowest BCUT2D eigenvalue weighted by Crippen LogP contribution is -2.56. The molecule has 0 radical (unpaired) electrons. The lowest BCUT2D eigenvalue weighted by molar-refractivity contribution is -0.123. The molecule has 1 aromatic carbocycles. The number of carbonyl (C=O) groups excluding carboxylic acids is 1. The molecular weight excluding hydrogens is 392 g/mol. The number of hydrogen-bond donors (Lipinski definition) is 1. The number of carbonyl (C=O) groups is 1. The molecule has 3 aromatic rings. The Labute approximate surface area is 182 Å². The highest BCUT2D eigenvalue weighted by molar-refractivity contribution is 5.77. The first-order chi connectivity index (χ1) is 15.2. The number of fused-ring (bicyclic) bond motifs is 3. The molecule has 31 heavy (non-hydrogen) atoms. The maximum atomic E-state index is 12.2. The van der Waals surface area contributed by atoms with Gasteiger partial charge < -0.3 is 14.5 Å². The van der Waals surface area contributed by atoms with Crippen LogP contribution in [0.2, 0.25) is 0 Å². The van der Waals surface area contributed by atoms with Crippen LogP contribution in [-0.4, -0.2) is 52.9 Å². The third-order valence-electron chi connectivity index (χ3n) is 6.60. The highest BCUT2D eigenvalue weighted by Gasteiger charge is 2.41. The smallest absolute Gasteiger partial charge is 0.257 e. The highest BCUT2D eigenvalue weighted by atomic mass is 16.5. The van der Waals surface area contributed by atoms with Gasteiger partial charge in [0.15, 0.2) is 12.4 Å². The Morgan fingerprint density at radius 1 is 1.26 bits per heavy atom. The van der Waals surface area contributed by atoms with Gasteiger partial charge in [-0.05, 0) is 55.6 Å². The van der Waals surface area contributed by atoms with Crippen molar-refractivity contribution >= 4 is 5.91 Å². The minimum Gasteiger partial charge on any atom is -0.484 e. The highest BCUT2D eigenvalue weighted by Crippen LogP contribution is 2.42. The van der Waals surface area contributed by atoms with Crippen LogP contribution >= 0.6 is 0 Å². The largest absolute Gasteiger partial charge is 0.484 e. The molecule has 3 aliphatic heterocycles. The van der Waals surface area contributed by atoms with E-state index < -0.39 is 0 Å². The van der Waals surface area contributed by atoms with Gasteiger partial charge in [-0.15, -0.1) is 0 Å². The molecule has 2 aromatic heterocycles. The second-order valence-electron chi connectivity index (χ2n) is 8.50. The fourth-order valence-corrected chi connectivity index (χ4v) is 5.01. The summed E-state index contributed by atoms with van der Waals surface area (Å²) in [6.45, 7) is 2.81. The molecule has 5 heterocycles. The number of ether oxygens (including phenoxy) is 1. The van der Waals surface area contributed by atoms with E-state index in [1.807, 2.05) is 54.2 Å². The summed E-state index contributed by atoms with van der Waals surface area (Å²) in [4.78, 5) is 14.8. The summed E-state index contributed by atoms with van der Waals surface area (Å²) in [6.07, 6.45) is 3.96. The van der Waals surface area contributed by atoms with E-state index in [4.69, 9.17) is 9.15 Å². The molecule has 2 bridgehead atoms. The van der Waals surface area contributed by atoms with Crippen molar-refractivity contribution in [3.63, 3.8) is 0 Å². The zero-order valence-electron chi connectivity index (χ0n) is 17.7. The second kappa shape index (κ2) is 8.59. The predicted octanol–water partition coefficient (Wildman–Crippen LogP) is 3.05. The minimum absolute atomic E-state index is 0.0490. The van der Waals surface area contributed by atoms with Crippen molar-refractivity contribution in [1.82, 2.24) is 20.0 Å². The van der Waals surface area contributed by atoms with Crippen LogP contribution < -0.4 is 10.1 Å². The molecule has 0 saturated carbocycles. The third-order valence-corrected chi connectivity index (χ3v) is 6.60. The van der Waals surface area contributed by atoms with Gasteiger partial charge >= 0.3 is 0 Å². The summed E-state index contributed by atoms with van der Waals surface area (Å²) in [5, 5.41) is 7.73. The van der Waals surface area contributed by atoms with Crippen LogP contribution in [0.5, 0.6) is 5.75 Å². The van der Waals surface area contributed by atoms with E-state index in [-0.39, 0.29) is 12.5 Å². The molecule has 3 aliphatic rings. The van der Waals surface area contributed by atoms with Crippen LogP contribution in [0.25, 0.3) is 11.5 Å². The van der Waals surface area contributed by atoms with Crippen molar-refractivity contribution in [2.24, 2.45) is 13.0 Å². The monoisotopic (exact) mass is 420 g/mol. The number of piperidine rings is 3. The van der Waals surface area contributed by atoms with E-state index in [1.54, 1.807) is 6.26 Å². The number of amides is 1. The van der Waals surface area contributed by atoms with Gasteiger partial charge in [0.25, 0.3) is 5.91 Å². The summed E-state index contributed by atoms with van der Waals surface area (Å²) in [6, 6.07) is 15.8. The molecule has 1 amide bonds. The topological polar surface area (TPSA) is 72.5 Å². The predicted molar refractivity (Wildman–Crippen MR) is 117 cm³/mol. The minimum atomic E-state index is -0.0715. The lowest BCUT2D eigenvalue weighted by Gasteiger charge is -2.49. The molecule has 7 nitrogen and oxygen atoms in total. The van der Waals surface area contributed by atoms with Crippen LogP contribution in [0.3, 0.4) is 0 Å². The SMILES string of the molecule is Cn1nc(-c2ccco2)cc1[C@H]1CN2CC[C@H]1C[C@@H]2CNC(=O)COc1ccccc1. The Balaban J connectivity index is 1.16. The summed E-state index contributed by atoms with van der Waals surface area (Å²) < 4.78 is 13.1. The quantitative estimate of drug-likeness (QED) is 0.636. The van der Waals surface area contributed by atoms with E-state index in [9.17, 15) is 4.79 Å². The standard InChI is InChI=1S/C24H28N4O3/c1-27-22(13-21(26-27)23-8-5-11-30-23)20-15-28-10-9-17(20)12-18(28)14-25-24(29)16-31-19-6-3-2-4-7-19/h2-8,11,13,17-18,20H,9-10,12,14-16H2,1H3,(H,25,29)/t17-,18+,20-/m0/s1. The van der Waals surface area contributed by atoms with Crippen molar-refractivity contribution < 1.29 is 13.9 Å². The van der Waals surface area contributed by atoms with E-state index in [1.165, 1.54) is 12.1 Å². The van der Waals surface area contributed by atoms with Crippen molar-refractivity contribution in [1.29, 1.82) is 0 Å². The molecule has 0 spiro atoms. The first-order valence-electron chi connectivity index (χ1n) is 10.9. The molecule has 3 fully saturated rings. The van der Waals surface area contributed by atoms with Crippen molar-refractivity contribution in [3.8, 4) is 17.2 Å². The van der Waals surface area contributed by atoms with Gasteiger partial charge in [-0.25, -0.2) is 0 Å². The molecule has 0 aliphatic carbocycles. The Bertz CT molecular complexity index is 1010. The molecule has 1 unspecified atom stereocenters. The number of nitrogens with zero attached hydrogens (tertiary/aromatic N) is 3. The van der Waals surface area contributed by atoms with Gasteiger partial charge in [0, 0.05) is 37.8 Å². The lowest BCUT2D eigenvalue weighted by atomic mass is 9.74. The number of aryl methyl sites for hydroxylation is 1. The summed E-state index contributed by atoms with van der Waals surface area (Å²) in [5.41, 5.74) is 2.15. The Kier molecular flexibility index (Phi) is 5.51. The number of furan rings is 1. The van der Waals surface area contributed by atoms with Crippen molar-refractivity contribution in [3.05, 3.63) is 60.5 Å². The van der Waals surface area contributed by atoms with Crippen LogP contribution in [0.1, 0.15) is 24.5 Å². The number of para-hydroxylation sites is 1. The average molecular weight is 421 g/mol. The van der Waals surface area contributed by atoms with Gasteiger partial charge in [0.2, 0.25) is 0 Å². The molecule has 4 atom stereocenters. The Hall–Kier alpha value is -3.06. The normalized spacial score (nSPS) is 24.8. The molecule has 1 N–H and O–H groups in total. The number of rotatable bonds is 7. The van der Waals surface area contributed by atoms with E-state index in [0.717, 1.165) is 31.0 Å². The fourth-order valence-electron chi connectivity index (χ4n) is 5.01. The molecular formula is C24H28N4O3. The number of aromatic nitrogens is 2. The molecule has 6 rings (SSSR count). The second-order valence-corrected chi connectivity index (χ2v) is 8.50. The van der Waals surface area contributed by atoms with E-state index >= 15 is 0 Å². The van der Waals surface area contributed by atoms with E-state index in [2.05, 4.69) is 21.4 Å². The van der Waals surface area contributed by atoms with Crippen LogP contribution in [-0.2, 0) is 11.8 Å².